The fourth-order valence-corrected chi connectivity index (χ4v) is 3.82. The monoisotopic (exact) mass is 566 g/mol. The van der Waals surface area contributed by atoms with E-state index in [2.05, 4.69) is 21.3 Å². The zero-order valence-electron chi connectivity index (χ0n) is 22.0. The lowest BCUT2D eigenvalue weighted by Gasteiger charge is -2.31. The summed E-state index contributed by atoms with van der Waals surface area (Å²) in [5, 5.41) is 10.6. The fourth-order valence-electron chi connectivity index (χ4n) is 3.82. The summed E-state index contributed by atoms with van der Waals surface area (Å²) in [5.41, 5.74) is -1.82. The van der Waals surface area contributed by atoms with Crippen LogP contribution in [-0.2, 0) is 23.4 Å². The minimum absolute atomic E-state index is 0.180. The van der Waals surface area contributed by atoms with Crippen molar-refractivity contribution in [1.29, 1.82) is 0 Å². The van der Waals surface area contributed by atoms with E-state index in [1.54, 1.807) is 52.0 Å². The Hall–Kier alpha value is -4.22. The summed E-state index contributed by atoms with van der Waals surface area (Å²) in [7, 11) is 0. The van der Waals surface area contributed by atoms with Crippen molar-refractivity contribution < 1.29 is 35.9 Å². The minimum atomic E-state index is -4.49. The first kappa shape index (κ1) is 30.3. The van der Waals surface area contributed by atoms with Crippen LogP contribution in [0.25, 0.3) is 0 Å². The smallest absolute Gasteiger partial charge is 0.329 e. The summed E-state index contributed by atoms with van der Waals surface area (Å²) >= 11 is 0. The van der Waals surface area contributed by atoms with Crippen molar-refractivity contribution in [2.45, 2.75) is 51.1 Å². The number of hydrogen-bond donors (Lipinski definition) is 4. The molecule has 0 bridgehead atoms. The topological polar surface area (TPSA) is 82.3 Å². The Labute approximate surface area is 227 Å². The van der Waals surface area contributed by atoms with E-state index in [4.69, 9.17) is 0 Å². The Bertz CT molecular complexity index is 1250. The summed E-state index contributed by atoms with van der Waals surface area (Å²) in [6.45, 7) is 6.93. The number of hydrogen-bond acceptors (Lipinski definition) is 2. The molecule has 3 aromatic carbocycles. The summed E-state index contributed by atoms with van der Waals surface area (Å²) in [6, 6.07) is 13.8. The molecule has 0 atom stereocenters. The molecule has 0 aromatic heterocycles. The lowest BCUT2D eigenvalue weighted by molar-refractivity contribution is -0.138. The van der Waals surface area contributed by atoms with Crippen LogP contribution in [0.1, 0.15) is 49.9 Å². The largest absolute Gasteiger partial charge is 0.416 e. The van der Waals surface area contributed by atoms with Gasteiger partial charge in [0.05, 0.1) is 22.2 Å². The molecule has 4 N–H and O–H groups in total. The molecule has 0 aliphatic carbocycles. The Morgan fingerprint density at radius 2 is 0.850 bits per heavy atom. The van der Waals surface area contributed by atoms with Crippen LogP contribution in [0, 0.1) is 0 Å². The summed E-state index contributed by atoms with van der Waals surface area (Å²) in [5.74, 6) is 0. The van der Waals surface area contributed by atoms with Gasteiger partial charge < -0.3 is 21.3 Å². The first-order valence-corrected chi connectivity index (χ1v) is 12.0. The Morgan fingerprint density at radius 3 is 1.15 bits per heavy atom. The summed E-state index contributed by atoms with van der Waals surface area (Å²) in [4.78, 5) is 25.2. The maximum atomic E-state index is 12.8. The highest BCUT2D eigenvalue weighted by molar-refractivity contribution is 5.90. The van der Waals surface area contributed by atoms with Gasteiger partial charge >= 0.3 is 24.4 Å². The highest BCUT2D eigenvalue weighted by Gasteiger charge is 2.31. The van der Waals surface area contributed by atoms with Crippen LogP contribution in [-0.4, -0.2) is 12.1 Å². The summed E-state index contributed by atoms with van der Waals surface area (Å²) in [6.07, 6.45) is -8.97. The molecule has 6 nitrogen and oxygen atoms in total. The van der Waals surface area contributed by atoms with Crippen molar-refractivity contribution in [3.8, 4) is 0 Å². The standard InChI is InChI=1S/C28H28F6N4O2/c1-25(2,37-23(39)35-21-12-8-17(9-13-21)27(29,30)31)19-6-5-7-20(16-19)26(3,4)38-24(40)36-22-14-10-18(11-15-22)28(32,33)34/h5-16H,1-4H3,(H2,35,37,39)(H2,36,38,40). The molecule has 0 unspecified atom stereocenters. The molecule has 0 fully saturated rings. The number of carbonyl (C=O) groups excluding carboxylic acids is 2. The van der Waals surface area contributed by atoms with Crippen LogP contribution in [0.15, 0.2) is 72.8 Å². The number of carbonyl (C=O) groups is 2. The molecule has 0 aliphatic rings. The minimum Gasteiger partial charge on any atom is -0.329 e. The number of urea groups is 2. The first-order chi connectivity index (χ1) is 18.4. The summed E-state index contributed by atoms with van der Waals surface area (Å²) < 4.78 is 76.6. The molecule has 40 heavy (non-hydrogen) atoms. The molecule has 0 heterocycles. The van der Waals surface area contributed by atoms with Crippen LogP contribution >= 0.6 is 0 Å². The fraction of sp³-hybridized carbons (Fsp3) is 0.286. The molecule has 3 aromatic rings. The van der Waals surface area contributed by atoms with Gasteiger partial charge in [0, 0.05) is 11.4 Å². The van der Waals surface area contributed by atoms with Crippen LogP contribution in [0.4, 0.5) is 47.3 Å². The van der Waals surface area contributed by atoms with E-state index < -0.39 is 46.6 Å². The van der Waals surface area contributed by atoms with E-state index in [9.17, 15) is 35.9 Å². The van der Waals surface area contributed by atoms with Gasteiger partial charge in [0.2, 0.25) is 0 Å². The lowest BCUT2D eigenvalue weighted by Crippen LogP contribution is -2.45. The molecule has 0 aliphatic heterocycles. The van der Waals surface area contributed by atoms with Crippen molar-refractivity contribution in [1.82, 2.24) is 10.6 Å². The Kier molecular flexibility index (Phi) is 8.42. The number of nitrogens with one attached hydrogen (secondary N) is 4. The maximum Gasteiger partial charge on any atom is 0.416 e. The van der Waals surface area contributed by atoms with Gasteiger partial charge in [-0.15, -0.1) is 0 Å². The first-order valence-electron chi connectivity index (χ1n) is 12.0. The number of rotatable bonds is 6. The van der Waals surface area contributed by atoms with Crippen LogP contribution in [0.2, 0.25) is 0 Å². The molecular weight excluding hydrogens is 538 g/mol. The number of alkyl halides is 6. The van der Waals surface area contributed by atoms with E-state index in [-0.39, 0.29) is 11.4 Å². The molecule has 0 saturated heterocycles. The third-order valence-electron chi connectivity index (χ3n) is 6.10. The van der Waals surface area contributed by atoms with E-state index >= 15 is 0 Å². The SMILES string of the molecule is CC(C)(NC(=O)Nc1ccc(C(F)(F)F)cc1)c1cccc(C(C)(C)NC(=O)Nc2ccc(C(F)(F)F)cc2)c1. The van der Waals surface area contributed by atoms with E-state index in [1.165, 1.54) is 0 Å². The molecule has 0 spiro atoms. The molecule has 214 valence electrons. The van der Waals surface area contributed by atoms with E-state index in [1.807, 2.05) is 0 Å². The van der Waals surface area contributed by atoms with E-state index in [0.717, 1.165) is 48.5 Å². The lowest BCUT2D eigenvalue weighted by atomic mass is 9.87. The van der Waals surface area contributed by atoms with Crippen LogP contribution in [0.5, 0.6) is 0 Å². The third-order valence-corrected chi connectivity index (χ3v) is 6.10. The number of anilines is 2. The zero-order valence-corrected chi connectivity index (χ0v) is 22.0. The van der Waals surface area contributed by atoms with Gasteiger partial charge in [-0.3, -0.25) is 0 Å². The van der Waals surface area contributed by atoms with E-state index in [0.29, 0.717) is 11.1 Å². The van der Waals surface area contributed by atoms with Gasteiger partial charge in [-0.05, 0) is 87.4 Å². The maximum absolute atomic E-state index is 12.8. The second-order valence-corrected chi connectivity index (χ2v) is 10.1. The van der Waals surface area contributed by atoms with Crippen molar-refractivity contribution in [2.24, 2.45) is 0 Å². The van der Waals surface area contributed by atoms with Gasteiger partial charge in [0.1, 0.15) is 0 Å². The molecular formula is C28H28F6N4O2. The number of halogens is 6. The highest BCUT2D eigenvalue weighted by atomic mass is 19.4. The molecule has 0 radical (unpaired) electrons. The molecule has 4 amide bonds. The van der Waals surface area contributed by atoms with Gasteiger partial charge in [-0.2, -0.15) is 26.3 Å². The Balaban J connectivity index is 1.66. The molecule has 0 saturated carbocycles. The van der Waals surface area contributed by atoms with Crippen molar-refractivity contribution in [3.63, 3.8) is 0 Å². The number of amides is 4. The zero-order chi connectivity index (χ0) is 29.9. The predicted octanol–water partition coefficient (Wildman–Crippen LogP) is 7.84. The quantitative estimate of drug-likeness (QED) is 0.229. The molecule has 3 rings (SSSR count). The molecule has 12 heteroatoms. The Morgan fingerprint density at radius 1 is 0.525 bits per heavy atom. The average molecular weight is 567 g/mol. The normalized spacial score (nSPS) is 12.4. The predicted molar refractivity (Wildman–Crippen MR) is 140 cm³/mol. The van der Waals surface area contributed by atoms with Gasteiger partial charge in [0.25, 0.3) is 0 Å². The van der Waals surface area contributed by atoms with Crippen LogP contribution < -0.4 is 21.3 Å². The third kappa shape index (κ3) is 7.90. The van der Waals surface area contributed by atoms with Crippen LogP contribution in [0.3, 0.4) is 0 Å². The second kappa shape index (κ2) is 11.1. The van der Waals surface area contributed by atoms with Gasteiger partial charge in [-0.25, -0.2) is 9.59 Å². The number of benzene rings is 3. The average Bonchev–Trinajstić information content (AvgIpc) is 2.83. The highest BCUT2D eigenvalue weighted by Crippen LogP contribution is 2.31. The van der Waals surface area contributed by atoms with Gasteiger partial charge in [-0.1, -0.05) is 24.3 Å². The van der Waals surface area contributed by atoms with Crippen molar-refractivity contribution in [3.05, 3.63) is 95.1 Å². The van der Waals surface area contributed by atoms with Crippen molar-refractivity contribution in [2.75, 3.05) is 10.6 Å². The van der Waals surface area contributed by atoms with Gasteiger partial charge in [0.15, 0.2) is 0 Å². The van der Waals surface area contributed by atoms with Crippen molar-refractivity contribution >= 4 is 23.4 Å². The second-order valence-electron chi connectivity index (χ2n) is 10.1.